The van der Waals surface area contributed by atoms with Crippen molar-refractivity contribution in [2.45, 2.75) is 19.5 Å². The summed E-state index contributed by atoms with van der Waals surface area (Å²) in [4.78, 5) is 4.35. The number of benzene rings is 1. The lowest BCUT2D eigenvalue weighted by Crippen LogP contribution is -2.19. The molecule has 0 spiro atoms. The first kappa shape index (κ1) is 15.6. The first-order chi connectivity index (χ1) is 10.2. The average Bonchev–Trinajstić information content (AvgIpc) is 2.52. The average molecular weight is 307 g/mol. The van der Waals surface area contributed by atoms with Crippen LogP contribution in [0.3, 0.4) is 0 Å². The molecule has 0 radical (unpaired) electrons. The summed E-state index contributed by atoms with van der Waals surface area (Å²) >= 11 is 6.21. The third-order valence-electron chi connectivity index (χ3n) is 3.31. The summed E-state index contributed by atoms with van der Waals surface area (Å²) in [6, 6.07) is 9.68. The number of nitrogens with zero attached hydrogens (tertiary/aromatic N) is 1. The Labute approximate surface area is 130 Å². The van der Waals surface area contributed by atoms with Crippen molar-refractivity contribution < 1.29 is 9.47 Å². The van der Waals surface area contributed by atoms with Crippen LogP contribution in [0.4, 0.5) is 0 Å². The van der Waals surface area contributed by atoms with Gasteiger partial charge >= 0.3 is 0 Å². The lowest BCUT2D eigenvalue weighted by Gasteiger charge is -2.17. The van der Waals surface area contributed by atoms with Gasteiger partial charge in [-0.1, -0.05) is 29.8 Å². The van der Waals surface area contributed by atoms with Crippen molar-refractivity contribution >= 4 is 11.6 Å². The fourth-order valence-electron chi connectivity index (χ4n) is 2.16. The van der Waals surface area contributed by atoms with Crippen molar-refractivity contribution in [3.8, 4) is 11.5 Å². The van der Waals surface area contributed by atoms with Gasteiger partial charge in [0.1, 0.15) is 0 Å². The molecule has 2 aromatic rings. The molecule has 21 heavy (non-hydrogen) atoms. The number of hydrogen-bond donors (Lipinski definition) is 1. The van der Waals surface area contributed by atoms with Gasteiger partial charge in [-0.25, -0.2) is 0 Å². The second-order valence-electron chi connectivity index (χ2n) is 4.62. The Morgan fingerprint density at radius 3 is 2.62 bits per heavy atom. The Balaban J connectivity index is 2.11. The molecule has 112 valence electrons. The summed E-state index contributed by atoms with van der Waals surface area (Å²) in [6.45, 7) is 2.63. The molecule has 0 saturated heterocycles. The van der Waals surface area contributed by atoms with Crippen molar-refractivity contribution in [2.75, 3.05) is 14.2 Å². The van der Waals surface area contributed by atoms with Crippen molar-refractivity contribution in [1.82, 2.24) is 10.3 Å². The molecule has 2 rings (SSSR count). The number of hydrogen-bond acceptors (Lipinski definition) is 4. The smallest absolute Gasteiger partial charge is 0.183 e. The van der Waals surface area contributed by atoms with Gasteiger partial charge in [0.2, 0.25) is 0 Å². The lowest BCUT2D eigenvalue weighted by molar-refractivity contribution is 0.347. The highest BCUT2D eigenvalue weighted by molar-refractivity contribution is 6.31. The highest BCUT2D eigenvalue weighted by Gasteiger charge is 2.13. The molecule has 0 amide bonds. The van der Waals surface area contributed by atoms with Gasteiger partial charge < -0.3 is 14.8 Å². The quantitative estimate of drug-likeness (QED) is 0.885. The molecule has 0 bridgehead atoms. The van der Waals surface area contributed by atoms with E-state index in [-0.39, 0.29) is 6.04 Å². The highest BCUT2D eigenvalue weighted by Crippen LogP contribution is 2.29. The Kier molecular flexibility index (Phi) is 5.42. The summed E-state index contributed by atoms with van der Waals surface area (Å²) in [5.74, 6) is 1.33. The van der Waals surface area contributed by atoms with Crippen molar-refractivity contribution in [1.29, 1.82) is 0 Å². The van der Waals surface area contributed by atoms with Crippen LogP contribution in [0.1, 0.15) is 24.2 Å². The SMILES string of the molecule is COc1ccnc(CN[C@@H](C)c2ccccc2Cl)c1OC. The zero-order valence-electron chi connectivity index (χ0n) is 12.4. The van der Waals surface area contributed by atoms with Crippen LogP contribution >= 0.6 is 11.6 Å². The number of nitrogens with one attached hydrogen (secondary N) is 1. The lowest BCUT2D eigenvalue weighted by atomic mass is 10.1. The van der Waals surface area contributed by atoms with E-state index in [1.165, 1.54) is 0 Å². The third kappa shape index (κ3) is 3.65. The fourth-order valence-corrected chi connectivity index (χ4v) is 2.46. The van der Waals surface area contributed by atoms with Crippen molar-refractivity contribution in [3.05, 3.63) is 52.8 Å². The Bertz CT molecular complexity index is 605. The van der Waals surface area contributed by atoms with Gasteiger partial charge in [-0.05, 0) is 18.6 Å². The summed E-state index contributed by atoms with van der Waals surface area (Å²) in [5.41, 5.74) is 1.86. The molecule has 1 atom stereocenters. The van der Waals surface area contributed by atoms with Gasteiger partial charge in [-0.3, -0.25) is 4.98 Å². The van der Waals surface area contributed by atoms with E-state index in [1.54, 1.807) is 26.5 Å². The highest BCUT2D eigenvalue weighted by atomic mass is 35.5. The van der Waals surface area contributed by atoms with E-state index in [0.717, 1.165) is 16.3 Å². The number of ether oxygens (including phenoxy) is 2. The first-order valence-electron chi connectivity index (χ1n) is 6.71. The summed E-state index contributed by atoms with van der Waals surface area (Å²) in [5, 5.41) is 4.15. The van der Waals surface area contributed by atoms with Gasteiger partial charge in [0, 0.05) is 29.9 Å². The molecule has 0 fully saturated rings. The molecule has 1 aromatic heterocycles. The van der Waals surface area contributed by atoms with Crippen molar-refractivity contribution in [2.24, 2.45) is 0 Å². The first-order valence-corrected chi connectivity index (χ1v) is 7.08. The molecular formula is C16H19ClN2O2. The molecule has 5 heteroatoms. The van der Waals surface area contributed by atoms with Gasteiger partial charge in [0.15, 0.2) is 11.5 Å². The van der Waals surface area contributed by atoms with E-state index in [2.05, 4.69) is 17.2 Å². The van der Waals surface area contributed by atoms with E-state index in [0.29, 0.717) is 18.0 Å². The number of aromatic nitrogens is 1. The van der Waals surface area contributed by atoms with E-state index in [1.807, 2.05) is 24.3 Å². The number of pyridine rings is 1. The summed E-state index contributed by atoms with van der Waals surface area (Å²) in [7, 11) is 3.22. The van der Waals surface area contributed by atoms with Gasteiger partial charge in [0.05, 0.1) is 19.9 Å². The Hall–Kier alpha value is -1.78. The molecular weight excluding hydrogens is 288 g/mol. The Morgan fingerprint density at radius 1 is 1.19 bits per heavy atom. The van der Waals surface area contributed by atoms with Crippen LogP contribution in [0, 0.1) is 0 Å². The predicted octanol–water partition coefficient (Wildman–Crippen LogP) is 3.60. The van der Waals surface area contributed by atoms with Crippen LogP contribution in [-0.2, 0) is 6.54 Å². The van der Waals surface area contributed by atoms with Gasteiger partial charge in [-0.15, -0.1) is 0 Å². The second kappa shape index (κ2) is 7.29. The maximum atomic E-state index is 6.21. The molecule has 0 unspecified atom stereocenters. The maximum absolute atomic E-state index is 6.21. The minimum atomic E-state index is 0.108. The molecule has 0 aliphatic heterocycles. The van der Waals surface area contributed by atoms with Gasteiger partial charge in [0.25, 0.3) is 0 Å². The van der Waals surface area contributed by atoms with Gasteiger partial charge in [-0.2, -0.15) is 0 Å². The molecule has 1 aromatic carbocycles. The molecule has 4 nitrogen and oxygen atoms in total. The minimum Gasteiger partial charge on any atom is -0.493 e. The number of methoxy groups -OCH3 is 2. The maximum Gasteiger partial charge on any atom is 0.183 e. The van der Waals surface area contributed by atoms with Crippen LogP contribution in [0.2, 0.25) is 5.02 Å². The predicted molar refractivity (Wildman–Crippen MR) is 84.0 cm³/mol. The van der Waals surface area contributed by atoms with Crippen LogP contribution in [0.15, 0.2) is 36.5 Å². The second-order valence-corrected chi connectivity index (χ2v) is 5.02. The summed E-state index contributed by atoms with van der Waals surface area (Å²) < 4.78 is 10.6. The van der Waals surface area contributed by atoms with Crippen LogP contribution in [0.5, 0.6) is 11.5 Å². The molecule has 0 aliphatic carbocycles. The normalized spacial score (nSPS) is 12.0. The molecule has 0 saturated carbocycles. The van der Waals surface area contributed by atoms with E-state index in [4.69, 9.17) is 21.1 Å². The van der Waals surface area contributed by atoms with Crippen LogP contribution in [-0.4, -0.2) is 19.2 Å². The van der Waals surface area contributed by atoms with E-state index in [9.17, 15) is 0 Å². The zero-order valence-corrected chi connectivity index (χ0v) is 13.1. The fraction of sp³-hybridized carbons (Fsp3) is 0.312. The van der Waals surface area contributed by atoms with E-state index < -0.39 is 0 Å². The molecule has 0 aliphatic rings. The standard InChI is InChI=1S/C16H19ClN2O2/c1-11(12-6-4-5-7-13(12)17)19-10-14-16(21-3)15(20-2)8-9-18-14/h4-9,11,19H,10H2,1-3H3/t11-/m0/s1. The van der Waals surface area contributed by atoms with Crippen LogP contribution < -0.4 is 14.8 Å². The van der Waals surface area contributed by atoms with Crippen LogP contribution in [0.25, 0.3) is 0 Å². The zero-order chi connectivity index (χ0) is 15.2. The topological polar surface area (TPSA) is 43.4 Å². The van der Waals surface area contributed by atoms with E-state index >= 15 is 0 Å². The monoisotopic (exact) mass is 306 g/mol. The largest absolute Gasteiger partial charge is 0.493 e. The number of halogens is 1. The Morgan fingerprint density at radius 2 is 1.95 bits per heavy atom. The third-order valence-corrected chi connectivity index (χ3v) is 3.66. The minimum absolute atomic E-state index is 0.108. The van der Waals surface area contributed by atoms with Crippen molar-refractivity contribution in [3.63, 3.8) is 0 Å². The summed E-state index contributed by atoms with van der Waals surface area (Å²) in [6.07, 6.45) is 1.71. The molecule has 1 N–H and O–H groups in total. The molecule has 1 heterocycles. The number of rotatable bonds is 6.